The van der Waals surface area contributed by atoms with Crippen LogP contribution in [0.3, 0.4) is 0 Å². The molecule has 0 aliphatic rings. The molecule has 0 radical (unpaired) electrons. The monoisotopic (exact) mass is 237 g/mol. The van der Waals surface area contributed by atoms with Crippen molar-refractivity contribution in [2.75, 3.05) is 13.6 Å². The van der Waals surface area contributed by atoms with E-state index < -0.39 is 0 Å². The summed E-state index contributed by atoms with van der Waals surface area (Å²) in [6.45, 7) is 6.10. The minimum absolute atomic E-state index is 0.0484. The molecule has 1 aromatic rings. The Balaban J connectivity index is 2.55. The lowest BCUT2D eigenvalue weighted by molar-refractivity contribution is -0.127. The number of hydrogen-bond acceptors (Lipinski definition) is 1. The highest BCUT2D eigenvalue weighted by atomic mass is 35.5. The molecule has 0 spiro atoms. The minimum atomic E-state index is 0.0484. The largest absolute Gasteiger partial charge is 0.342 e. The van der Waals surface area contributed by atoms with E-state index in [-0.39, 0.29) is 5.91 Å². The quantitative estimate of drug-likeness (QED) is 0.738. The molecule has 2 nitrogen and oxygen atoms in total. The summed E-state index contributed by atoms with van der Waals surface area (Å²) in [5.41, 5.74) is 2.12. The molecule has 0 heterocycles. The normalized spacial score (nSPS) is 9.94. The van der Waals surface area contributed by atoms with Gasteiger partial charge in [0, 0.05) is 25.5 Å². The fraction of sp³-hybridized carbons (Fsp3) is 0.308. The predicted molar refractivity (Wildman–Crippen MR) is 67.6 cm³/mol. The fourth-order valence-corrected chi connectivity index (χ4v) is 1.65. The highest BCUT2D eigenvalue weighted by molar-refractivity contribution is 6.30. The molecule has 0 aliphatic carbocycles. The topological polar surface area (TPSA) is 20.3 Å². The van der Waals surface area contributed by atoms with Gasteiger partial charge < -0.3 is 4.90 Å². The average molecular weight is 238 g/mol. The van der Waals surface area contributed by atoms with Crippen LogP contribution in [0.5, 0.6) is 0 Å². The number of likely N-dealkylation sites (N-methyl/N-ethyl adjacent to an activating group) is 1. The molecular weight excluding hydrogens is 222 g/mol. The van der Waals surface area contributed by atoms with Crippen molar-refractivity contribution in [1.82, 2.24) is 4.90 Å². The Kier molecular flexibility index (Phi) is 4.56. The summed E-state index contributed by atoms with van der Waals surface area (Å²) in [7, 11) is 1.77. The Hall–Kier alpha value is -1.28. The van der Waals surface area contributed by atoms with Gasteiger partial charge in [-0.25, -0.2) is 0 Å². The van der Waals surface area contributed by atoms with Gasteiger partial charge in [-0.1, -0.05) is 35.9 Å². The Morgan fingerprint density at radius 2 is 2.19 bits per heavy atom. The fourth-order valence-electron chi connectivity index (χ4n) is 1.44. The predicted octanol–water partition coefficient (Wildman–Crippen LogP) is 2.92. The maximum absolute atomic E-state index is 11.0. The van der Waals surface area contributed by atoms with Gasteiger partial charge in [0.05, 0.1) is 0 Å². The first-order chi connectivity index (χ1) is 7.49. The van der Waals surface area contributed by atoms with Gasteiger partial charge in [-0.2, -0.15) is 0 Å². The lowest BCUT2D eigenvalue weighted by atomic mass is 10.1. The summed E-state index contributed by atoms with van der Waals surface area (Å²) < 4.78 is 0. The third-order valence-electron chi connectivity index (χ3n) is 2.34. The van der Waals surface area contributed by atoms with Crippen LogP contribution in [0.4, 0.5) is 0 Å². The summed E-state index contributed by atoms with van der Waals surface area (Å²) >= 11 is 5.89. The van der Waals surface area contributed by atoms with Crippen LogP contribution in [0.15, 0.2) is 36.4 Å². The van der Waals surface area contributed by atoms with E-state index in [4.69, 9.17) is 11.6 Å². The number of carbonyl (C=O) groups is 1. The van der Waals surface area contributed by atoms with Gasteiger partial charge in [-0.3, -0.25) is 4.79 Å². The second kappa shape index (κ2) is 5.71. The first-order valence-corrected chi connectivity index (χ1v) is 5.49. The van der Waals surface area contributed by atoms with Crippen LogP contribution in [0.1, 0.15) is 12.5 Å². The van der Waals surface area contributed by atoms with Crippen molar-refractivity contribution < 1.29 is 4.79 Å². The number of nitrogens with zero attached hydrogens (tertiary/aromatic N) is 1. The maximum atomic E-state index is 11.0. The maximum Gasteiger partial charge on any atom is 0.219 e. The molecule has 0 atom stereocenters. The molecule has 0 bridgehead atoms. The van der Waals surface area contributed by atoms with Crippen molar-refractivity contribution in [1.29, 1.82) is 0 Å². The van der Waals surface area contributed by atoms with E-state index >= 15 is 0 Å². The lowest BCUT2D eigenvalue weighted by Gasteiger charge is -2.16. The third kappa shape index (κ3) is 4.07. The first kappa shape index (κ1) is 12.8. The molecule has 3 heteroatoms. The zero-order chi connectivity index (χ0) is 12.1. The minimum Gasteiger partial charge on any atom is -0.342 e. The van der Waals surface area contributed by atoms with Crippen LogP contribution in [-0.2, 0) is 11.2 Å². The molecule has 1 rings (SSSR count). The van der Waals surface area contributed by atoms with Crippen molar-refractivity contribution in [3.8, 4) is 0 Å². The van der Waals surface area contributed by atoms with Crippen LogP contribution in [0, 0.1) is 0 Å². The van der Waals surface area contributed by atoms with Crippen LogP contribution in [-0.4, -0.2) is 24.4 Å². The highest BCUT2D eigenvalue weighted by Crippen LogP contribution is 2.13. The van der Waals surface area contributed by atoms with Crippen molar-refractivity contribution in [3.05, 3.63) is 47.0 Å². The van der Waals surface area contributed by atoms with Gasteiger partial charge in [0.25, 0.3) is 0 Å². The number of amides is 1. The summed E-state index contributed by atoms with van der Waals surface area (Å²) in [5, 5.41) is 0.727. The van der Waals surface area contributed by atoms with Crippen molar-refractivity contribution in [2.45, 2.75) is 13.3 Å². The van der Waals surface area contributed by atoms with E-state index in [2.05, 4.69) is 6.58 Å². The van der Waals surface area contributed by atoms with Crippen LogP contribution < -0.4 is 0 Å². The average Bonchev–Trinajstić information content (AvgIpc) is 2.16. The molecule has 86 valence electrons. The van der Waals surface area contributed by atoms with E-state index in [1.807, 2.05) is 24.3 Å². The van der Waals surface area contributed by atoms with Gasteiger partial charge in [0.2, 0.25) is 5.91 Å². The molecule has 0 aromatic heterocycles. The van der Waals surface area contributed by atoms with E-state index in [0.29, 0.717) is 6.54 Å². The number of benzene rings is 1. The molecule has 0 N–H and O–H groups in total. The molecular formula is C13H16ClNO. The van der Waals surface area contributed by atoms with Crippen molar-refractivity contribution >= 4 is 17.5 Å². The van der Waals surface area contributed by atoms with E-state index in [0.717, 1.165) is 22.6 Å². The Labute approximate surface area is 102 Å². The molecule has 0 unspecified atom stereocenters. The number of carbonyl (C=O) groups excluding carboxylic acids is 1. The second-order valence-corrected chi connectivity index (χ2v) is 4.37. The summed E-state index contributed by atoms with van der Waals surface area (Å²) in [5.74, 6) is 0.0484. The molecule has 0 aliphatic heterocycles. The molecule has 0 saturated carbocycles. The Morgan fingerprint density at radius 1 is 1.50 bits per heavy atom. The number of hydrogen-bond donors (Lipinski definition) is 0. The highest BCUT2D eigenvalue weighted by Gasteiger charge is 2.05. The van der Waals surface area contributed by atoms with Crippen LogP contribution in [0.25, 0.3) is 0 Å². The molecule has 0 fully saturated rings. The second-order valence-electron chi connectivity index (χ2n) is 3.93. The molecule has 1 amide bonds. The number of rotatable bonds is 4. The van der Waals surface area contributed by atoms with Crippen LogP contribution >= 0.6 is 11.6 Å². The van der Waals surface area contributed by atoms with E-state index in [1.54, 1.807) is 18.9 Å². The zero-order valence-electron chi connectivity index (χ0n) is 9.66. The van der Waals surface area contributed by atoms with Gasteiger partial charge >= 0.3 is 0 Å². The van der Waals surface area contributed by atoms with Gasteiger partial charge in [-0.15, -0.1) is 0 Å². The standard InChI is InChI=1S/C13H16ClNO/c1-10(9-15(3)11(2)16)7-12-5-4-6-13(14)8-12/h4-6,8H,1,7,9H2,2-3H3. The van der Waals surface area contributed by atoms with Gasteiger partial charge in [0.1, 0.15) is 0 Å². The van der Waals surface area contributed by atoms with Gasteiger partial charge in [-0.05, 0) is 24.1 Å². The van der Waals surface area contributed by atoms with Crippen LogP contribution in [0.2, 0.25) is 5.02 Å². The Morgan fingerprint density at radius 3 is 2.75 bits per heavy atom. The van der Waals surface area contributed by atoms with E-state index in [9.17, 15) is 4.79 Å². The molecule has 16 heavy (non-hydrogen) atoms. The zero-order valence-corrected chi connectivity index (χ0v) is 10.4. The number of halogens is 1. The smallest absolute Gasteiger partial charge is 0.219 e. The lowest BCUT2D eigenvalue weighted by Crippen LogP contribution is -2.26. The third-order valence-corrected chi connectivity index (χ3v) is 2.58. The van der Waals surface area contributed by atoms with Crippen molar-refractivity contribution in [2.24, 2.45) is 0 Å². The van der Waals surface area contributed by atoms with Gasteiger partial charge in [0.15, 0.2) is 0 Å². The first-order valence-electron chi connectivity index (χ1n) is 5.12. The Bertz CT molecular complexity index is 401. The molecule has 1 aromatic carbocycles. The van der Waals surface area contributed by atoms with Crippen molar-refractivity contribution in [3.63, 3.8) is 0 Å². The summed E-state index contributed by atoms with van der Waals surface area (Å²) in [4.78, 5) is 12.7. The molecule has 0 saturated heterocycles. The van der Waals surface area contributed by atoms with E-state index in [1.165, 1.54) is 0 Å². The summed E-state index contributed by atoms with van der Waals surface area (Å²) in [6.07, 6.45) is 0.748. The SMILES string of the molecule is C=C(Cc1cccc(Cl)c1)CN(C)C(C)=O. The summed E-state index contributed by atoms with van der Waals surface area (Å²) in [6, 6.07) is 7.68.